The van der Waals surface area contributed by atoms with E-state index in [1.165, 1.54) is 0 Å². The van der Waals surface area contributed by atoms with Gasteiger partial charge in [-0.05, 0) is 13.8 Å². The lowest BCUT2D eigenvalue weighted by Crippen LogP contribution is -2.44. The van der Waals surface area contributed by atoms with Crippen LogP contribution in [0.5, 0.6) is 0 Å². The predicted molar refractivity (Wildman–Crippen MR) is 85.9 cm³/mol. The third-order valence-corrected chi connectivity index (χ3v) is 5.47. The van der Waals surface area contributed by atoms with Gasteiger partial charge in [0.1, 0.15) is 12.4 Å². The molecule has 4 rings (SSSR count). The maximum absolute atomic E-state index is 13.1. The minimum absolute atomic E-state index is 0.0307. The lowest BCUT2D eigenvalue weighted by atomic mass is 9.67. The number of methoxy groups -OCH3 is 1. The molecular formula is C19H20O5. The summed E-state index contributed by atoms with van der Waals surface area (Å²) in [5.41, 5.74) is 1.69. The molecule has 0 bridgehead atoms. The van der Waals surface area contributed by atoms with Crippen LogP contribution in [0.25, 0.3) is 0 Å². The molecular weight excluding hydrogens is 308 g/mol. The Labute approximate surface area is 140 Å². The number of Topliss-reactive ketones (excluding diaryl/α,β-unsaturated/α-hetero) is 2. The van der Waals surface area contributed by atoms with Gasteiger partial charge in [0.2, 0.25) is 0 Å². The Hall–Kier alpha value is -1.82. The SMILES string of the molecule is COCO[C@@H](C)[C@H]1C2=C(C[C@@H]3O[C@@]31C)C(=O)c1ccccc1C2=O. The maximum atomic E-state index is 13.1. The van der Waals surface area contributed by atoms with Crippen molar-refractivity contribution in [3.63, 3.8) is 0 Å². The van der Waals surface area contributed by atoms with E-state index in [-0.39, 0.29) is 36.5 Å². The standard InChI is InChI=1S/C19H20O5/c1-10(23-9-22-3)16-15-13(8-14-19(16,2)24-14)17(20)11-6-4-5-7-12(11)18(15)21/h4-7,10,14,16H,8-9H2,1-3H3/t10-,14-,16-,19-/m0/s1. The molecule has 0 spiro atoms. The molecule has 1 aromatic rings. The molecule has 0 N–H and O–H groups in total. The Balaban J connectivity index is 1.81. The zero-order valence-electron chi connectivity index (χ0n) is 14.0. The van der Waals surface area contributed by atoms with Crippen LogP contribution in [0, 0.1) is 5.92 Å². The third kappa shape index (κ3) is 2.05. The van der Waals surface area contributed by atoms with Crippen molar-refractivity contribution in [2.24, 2.45) is 5.92 Å². The molecule has 0 amide bonds. The third-order valence-electron chi connectivity index (χ3n) is 5.47. The van der Waals surface area contributed by atoms with Crippen molar-refractivity contribution in [3.05, 3.63) is 46.5 Å². The summed E-state index contributed by atoms with van der Waals surface area (Å²) in [7, 11) is 1.56. The van der Waals surface area contributed by atoms with Crippen LogP contribution in [0.4, 0.5) is 0 Å². The number of hydrogen-bond acceptors (Lipinski definition) is 5. The number of hydrogen-bond donors (Lipinski definition) is 0. The summed E-state index contributed by atoms with van der Waals surface area (Å²) in [6, 6.07) is 7.02. The van der Waals surface area contributed by atoms with Gasteiger partial charge in [-0.3, -0.25) is 9.59 Å². The van der Waals surface area contributed by atoms with Crippen molar-refractivity contribution in [3.8, 4) is 0 Å². The lowest BCUT2D eigenvalue weighted by molar-refractivity contribution is -0.0876. The molecule has 0 saturated carbocycles. The smallest absolute Gasteiger partial charge is 0.190 e. The second kappa shape index (κ2) is 5.34. The summed E-state index contributed by atoms with van der Waals surface area (Å²) in [5.74, 6) is -0.402. The lowest BCUT2D eigenvalue weighted by Gasteiger charge is -2.35. The monoisotopic (exact) mass is 328 g/mol. The van der Waals surface area contributed by atoms with E-state index >= 15 is 0 Å². The highest BCUT2D eigenvalue weighted by Crippen LogP contribution is 2.56. The van der Waals surface area contributed by atoms with Gasteiger partial charge in [0, 0.05) is 41.7 Å². The van der Waals surface area contributed by atoms with E-state index in [9.17, 15) is 9.59 Å². The molecule has 0 radical (unpaired) electrons. The largest absolute Gasteiger partial charge is 0.365 e. The fraction of sp³-hybridized carbons (Fsp3) is 0.474. The fourth-order valence-corrected chi connectivity index (χ4v) is 4.21. The molecule has 3 aliphatic rings. The average Bonchev–Trinajstić information content (AvgIpc) is 3.26. The molecule has 126 valence electrons. The Kier molecular flexibility index (Phi) is 3.49. The van der Waals surface area contributed by atoms with Crippen LogP contribution in [0.15, 0.2) is 35.4 Å². The Bertz CT molecular complexity index is 765. The highest BCUT2D eigenvalue weighted by Gasteiger charge is 2.65. The molecule has 2 aliphatic carbocycles. The summed E-state index contributed by atoms with van der Waals surface area (Å²) in [6.07, 6.45) is 0.183. The zero-order valence-corrected chi connectivity index (χ0v) is 14.0. The van der Waals surface area contributed by atoms with Gasteiger partial charge >= 0.3 is 0 Å². The van der Waals surface area contributed by atoms with Crippen molar-refractivity contribution in [2.75, 3.05) is 13.9 Å². The van der Waals surface area contributed by atoms with Gasteiger partial charge in [0.25, 0.3) is 0 Å². The maximum Gasteiger partial charge on any atom is 0.190 e. The van der Waals surface area contributed by atoms with Crippen LogP contribution in [-0.2, 0) is 14.2 Å². The summed E-state index contributed by atoms with van der Waals surface area (Å²) in [4.78, 5) is 26.1. The Morgan fingerprint density at radius 1 is 1.25 bits per heavy atom. The minimum Gasteiger partial charge on any atom is -0.365 e. The van der Waals surface area contributed by atoms with Crippen LogP contribution in [0.3, 0.4) is 0 Å². The molecule has 1 fully saturated rings. The number of benzene rings is 1. The molecule has 1 aliphatic heterocycles. The fourth-order valence-electron chi connectivity index (χ4n) is 4.21. The Morgan fingerprint density at radius 2 is 1.92 bits per heavy atom. The van der Waals surface area contributed by atoms with Gasteiger partial charge in [-0.2, -0.15) is 0 Å². The first-order chi connectivity index (χ1) is 11.5. The van der Waals surface area contributed by atoms with Gasteiger partial charge in [-0.25, -0.2) is 0 Å². The van der Waals surface area contributed by atoms with Crippen molar-refractivity contribution in [2.45, 2.75) is 38.1 Å². The van der Waals surface area contributed by atoms with Crippen molar-refractivity contribution in [1.29, 1.82) is 0 Å². The molecule has 1 saturated heterocycles. The van der Waals surface area contributed by atoms with Crippen LogP contribution in [0.1, 0.15) is 41.0 Å². The number of epoxide rings is 1. The van der Waals surface area contributed by atoms with E-state index in [0.29, 0.717) is 28.7 Å². The van der Waals surface area contributed by atoms with Gasteiger partial charge < -0.3 is 14.2 Å². The second-order valence-corrected chi connectivity index (χ2v) is 6.85. The van der Waals surface area contributed by atoms with Crippen molar-refractivity contribution in [1.82, 2.24) is 0 Å². The molecule has 0 aromatic heterocycles. The summed E-state index contributed by atoms with van der Waals surface area (Å²) in [6.45, 7) is 4.04. The number of ether oxygens (including phenoxy) is 3. The first-order valence-electron chi connectivity index (χ1n) is 8.19. The number of carbonyl (C=O) groups is 2. The summed E-state index contributed by atoms with van der Waals surface area (Å²) >= 11 is 0. The molecule has 1 aromatic carbocycles. The molecule has 24 heavy (non-hydrogen) atoms. The molecule has 5 heteroatoms. The predicted octanol–water partition coefficient (Wildman–Crippen LogP) is 2.55. The van der Waals surface area contributed by atoms with Crippen LogP contribution >= 0.6 is 0 Å². The highest BCUT2D eigenvalue weighted by molar-refractivity contribution is 6.27. The summed E-state index contributed by atoms with van der Waals surface area (Å²) in [5, 5.41) is 0. The highest BCUT2D eigenvalue weighted by atomic mass is 16.7. The van der Waals surface area contributed by atoms with Gasteiger partial charge in [0.15, 0.2) is 11.6 Å². The van der Waals surface area contributed by atoms with E-state index in [1.54, 1.807) is 31.4 Å². The van der Waals surface area contributed by atoms with Gasteiger partial charge in [-0.15, -0.1) is 0 Å². The zero-order chi connectivity index (χ0) is 17.1. The number of fused-ring (bicyclic) bond motifs is 2. The molecule has 1 heterocycles. The van der Waals surface area contributed by atoms with E-state index in [1.807, 2.05) is 13.8 Å². The normalized spacial score (nSPS) is 32.1. The number of rotatable bonds is 4. The number of ketones is 2. The molecule has 5 nitrogen and oxygen atoms in total. The molecule has 0 unspecified atom stereocenters. The first kappa shape index (κ1) is 15.7. The average molecular weight is 328 g/mol. The number of carbonyl (C=O) groups excluding carboxylic acids is 2. The van der Waals surface area contributed by atoms with Crippen molar-refractivity contribution < 1.29 is 23.8 Å². The van der Waals surface area contributed by atoms with E-state index in [2.05, 4.69) is 0 Å². The van der Waals surface area contributed by atoms with E-state index < -0.39 is 5.60 Å². The van der Waals surface area contributed by atoms with Gasteiger partial charge in [0.05, 0.1) is 12.2 Å². The molecule has 4 atom stereocenters. The topological polar surface area (TPSA) is 65.1 Å². The van der Waals surface area contributed by atoms with Crippen LogP contribution in [-0.4, -0.2) is 43.3 Å². The van der Waals surface area contributed by atoms with E-state index in [4.69, 9.17) is 14.2 Å². The van der Waals surface area contributed by atoms with Crippen LogP contribution in [0.2, 0.25) is 0 Å². The minimum atomic E-state index is -0.450. The van der Waals surface area contributed by atoms with E-state index in [0.717, 1.165) is 0 Å². The second-order valence-electron chi connectivity index (χ2n) is 6.85. The summed E-state index contributed by atoms with van der Waals surface area (Å²) < 4.78 is 16.6. The first-order valence-corrected chi connectivity index (χ1v) is 8.19. The Morgan fingerprint density at radius 3 is 2.58 bits per heavy atom. The van der Waals surface area contributed by atoms with Crippen LogP contribution < -0.4 is 0 Å². The van der Waals surface area contributed by atoms with Gasteiger partial charge in [-0.1, -0.05) is 24.3 Å². The van der Waals surface area contributed by atoms with Crippen molar-refractivity contribution >= 4 is 11.6 Å². The quantitative estimate of drug-likeness (QED) is 0.628.